The van der Waals surface area contributed by atoms with Crippen LogP contribution < -0.4 is 10.5 Å². The van der Waals surface area contributed by atoms with Gasteiger partial charge in [-0.3, -0.25) is 4.98 Å². The minimum absolute atomic E-state index is 0.700. The lowest BCUT2D eigenvalue weighted by molar-refractivity contribution is 0.482. The van der Waals surface area contributed by atoms with Crippen molar-refractivity contribution in [1.29, 1.82) is 0 Å². The highest BCUT2D eigenvalue weighted by atomic mass is 16.5. The Morgan fingerprint density at radius 1 is 0.947 bits per heavy atom. The Bertz CT molecular complexity index is 662. The van der Waals surface area contributed by atoms with Gasteiger partial charge in [-0.2, -0.15) is 0 Å². The number of pyridine rings is 1. The van der Waals surface area contributed by atoms with E-state index in [0.29, 0.717) is 17.3 Å². The van der Waals surface area contributed by atoms with Crippen LogP contribution in [0.25, 0.3) is 11.5 Å². The van der Waals surface area contributed by atoms with Gasteiger partial charge in [-0.15, -0.1) is 0 Å². The Kier molecular flexibility index (Phi) is 2.86. The zero-order valence-electron chi connectivity index (χ0n) is 10.1. The van der Waals surface area contributed by atoms with E-state index in [0.717, 1.165) is 11.4 Å². The Morgan fingerprint density at radius 2 is 1.79 bits per heavy atom. The van der Waals surface area contributed by atoms with Gasteiger partial charge in [0, 0.05) is 30.3 Å². The van der Waals surface area contributed by atoms with Crippen molar-refractivity contribution < 1.29 is 4.74 Å². The molecule has 94 valence electrons. The Labute approximate surface area is 110 Å². The Hall–Kier alpha value is -2.82. The molecule has 1 aromatic carbocycles. The third-order valence-electron chi connectivity index (χ3n) is 2.59. The van der Waals surface area contributed by atoms with Gasteiger partial charge in [0.1, 0.15) is 17.2 Å². The van der Waals surface area contributed by atoms with Crippen molar-refractivity contribution in [1.82, 2.24) is 15.0 Å². The van der Waals surface area contributed by atoms with E-state index in [4.69, 9.17) is 10.5 Å². The summed E-state index contributed by atoms with van der Waals surface area (Å²) in [6, 6.07) is 10.9. The molecule has 0 saturated carbocycles. The first-order valence-corrected chi connectivity index (χ1v) is 5.80. The molecule has 0 radical (unpaired) electrons. The molecular formula is C14H12N4O. The van der Waals surface area contributed by atoms with Crippen LogP contribution in [-0.4, -0.2) is 15.0 Å². The van der Waals surface area contributed by atoms with Gasteiger partial charge in [-0.25, -0.2) is 4.98 Å². The molecule has 3 aromatic rings. The number of nitrogens with one attached hydrogen (secondary N) is 1. The van der Waals surface area contributed by atoms with Crippen LogP contribution in [0.5, 0.6) is 11.5 Å². The van der Waals surface area contributed by atoms with Crippen molar-refractivity contribution in [2.24, 2.45) is 0 Å². The second-order valence-corrected chi connectivity index (χ2v) is 3.99. The van der Waals surface area contributed by atoms with Crippen LogP contribution in [0.4, 0.5) is 5.69 Å². The lowest BCUT2D eigenvalue weighted by Gasteiger charge is -2.06. The highest BCUT2D eigenvalue weighted by Crippen LogP contribution is 2.24. The molecule has 0 aliphatic rings. The highest BCUT2D eigenvalue weighted by molar-refractivity contribution is 5.52. The zero-order valence-corrected chi connectivity index (χ0v) is 10.1. The van der Waals surface area contributed by atoms with Crippen LogP contribution in [0.2, 0.25) is 0 Å². The molecule has 19 heavy (non-hydrogen) atoms. The number of nitrogens with two attached hydrogens (primary N) is 1. The lowest BCUT2D eigenvalue weighted by atomic mass is 10.3. The average Bonchev–Trinajstić information content (AvgIpc) is 2.96. The number of H-pyrrole nitrogens is 1. The van der Waals surface area contributed by atoms with Crippen LogP contribution in [0.1, 0.15) is 0 Å². The van der Waals surface area contributed by atoms with Gasteiger partial charge in [0.05, 0.1) is 0 Å². The first-order chi connectivity index (χ1) is 9.31. The number of aromatic nitrogens is 3. The van der Waals surface area contributed by atoms with Crippen LogP contribution in [0, 0.1) is 0 Å². The molecule has 0 bridgehead atoms. The van der Waals surface area contributed by atoms with Crippen molar-refractivity contribution in [3.05, 3.63) is 55.0 Å². The smallest absolute Gasteiger partial charge is 0.156 e. The zero-order chi connectivity index (χ0) is 13.1. The number of nitrogen functional groups attached to an aromatic ring is 1. The lowest BCUT2D eigenvalue weighted by Crippen LogP contribution is -1.89. The number of benzene rings is 1. The summed E-state index contributed by atoms with van der Waals surface area (Å²) in [5.74, 6) is 2.14. The molecule has 0 saturated heterocycles. The monoisotopic (exact) mass is 252 g/mol. The third-order valence-corrected chi connectivity index (χ3v) is 2.59. The van der Waals surface area contributed by atoms with Crippen molar-refractivity contribution in [3.8, 4) is 23.0 Å². The van der Waals surface area contributed by atoms with Gasteiger partial charge in [0.15, 0.2) is 5.82 Å². The summed E-state index contributed by atoms with van der Waals surface area (Å²) in [7, 11) is 0. The molecule has 0 aliphatic heterocycles. The van der Waals surface area contributed by atoms with Crippen molar-refractivity contribution in [3.63, 3.8) is 0 Å². The van der Waals surface area contributed by atoms with E-state index in [1.54, 1.807) is 36.8 Å². The van der Waals surface area contributed by atoms with E-state index < -0.39 is 0 Å². The Balaban J connectivity index is 1.85. The molecule has 0 amide bonds. The predicted molar refractivity (Wildman–Crippen MR) is 72.7 cm³/mol. The van der Waals surface area contributed by atoms with Gasteiger partial charge in [-0.05, 0) is 30.3 Å². The molecule has 0 spiro atoms. The third kappa shape index (κ3) is 2.55. The highest BCUT2D eigenvalue weighted by Gasteiger charge is 2.04. The molecular weight excluding hydrogens is 240 g/mol. The largest absolute Gasteiger partial charge is 0.457 e. The number of anilines is 1. The van der Waals surface area contributed by atoms with Gasteiger partial charge in [0.25, 0.3) is 0 Å². The van der Waals surface area contributed by atoms with Crippen molar-refractivity contribution in [2.45, 2.75) is 0 Å². The second-order valence-electron chi connectivity index (χ2n) is 3.99. The number of nitrogens with zero attached hydrogens (tertiary/aromatic N) is 2. The summed E-state index contributed by atoms with van der Waals surface area (Å²) >= 11 is 0. The fourth-order valence-electron chi connectivity index (χ4n) is 1.68. The number of hydrogen-bond donors (Lipinski definition) is 2. The fraction of sp³-hybridized carbons (Fsp3) is 0. The predicted octanol–water partition coefficient (Wildman–Crippen LogP) is 2.85. The molecule has 5 heteroatoms. The van der Waals surface area contributed by atoms with E-state index in [-0.39, 0.29) is 0 Å². The van der Waals surface area contributed by atoms with Gasteiger partial charge >= 0.3 is 0 Å². The van der Waals surface area contributed by atoms with E-state index in [9.17, 15) is 0 Å². The molecule has 0 fully saturated rings. The summed E-state index contributed by atoms with van der Waals surface area (Å²) in [6.45, 7) is 0. The maximum absolute atomic E-state index is 5.73. The summed E-state index contributed by atoms with van der Waals surface area (Å²) in [4.78, 5) is 11.4. The van der Waals surface area contributed by atoms with Crippen molar-refractivity contribution in [2.75, 3.05) is 5.73 Å². The van der Waals surface area contributed by atoms with Crippen LogP contribution in [-0.2, 0) is 0 Å². The molecule has 5 nitrogen and oxygen atoms in total. The second kappa shape index (κ2) is 4.81. The van der Waals surface area contributed by atoms with Gasteiger partial charge in [0.2, 0.25) is 0 Å². The first kappa shape index (κ1) is 11.3. The quantitative estimate of drug-likeness (QED) is 0.703. The van der Waals surface area contributed by atoms with Crippen molar-refractivity contribution >= 4 is 5.69 Å². The van der Waals surface area contributed by atoms with Crippen LogP contribution >= 0.6 is 0 Å². The SMILES string of the molecule is Nc1ccc(Oc2ccnc(-c3ncc[nH]3)c2)cc1. The number of rotatable bonds is 3. The normalized spacial score (nSPS) is 10.3. The van der Waals surface area contributed by atoms with E-state index in [1.165, 1.54) is 0 Å². The van der Waals surface area contributed by atoms with E-state index in [1.807, 2.05) is 18.2 Å². The molecule has 0 unspecified atom stereocenters. The maximum Gasteiger partial charge on any atom is 0.156 e. The van der Waals surface area contributed by atoms with Crippen LogP contribution in [0.3, 0.4) is 0 Å². The number of ether oxygens (including phenoxy) is 1. The summed E-state index contributed by atoms with van der Waals surface area (Å²) in [6.07, 6.45) is 5.12. The van der Waals surface area contributed by atoms with Gasteiger partial charge in [-0.1, -0.05) is 0 Å². The van der Waals surface area contributed by atoms with E-state index >= 15 is 0 Å². The minimum atomic E-state index is 0.700. The summed E-state index contributed by atoms with van der Waals surface area (Å²) < 4.78 is 5.73. The van der Waals surface area contributed by atoms with E-state index in [2.05, 4.69) is 15.0 Å². The number of hydrogen-bond acceptors (Lipinski definition) is 4. The number of imidazole rings is 1. The summed E-state index contributed by atoms with van der Waals surface area (Å²) in [5.41, 5.74) is 7.07. The molecule has 0 atom stereocenters. The minimum Gasteiger partial charge on any atom is -0.457 e. The standard InChI is InChI=1S/C14H12N4O/c15-10-1-3-11(4-2-10)19-12-5-6-16-13(9-12)14-17-7-8-18-14/h1-9H,15H2,(H,17,18). The van der Waals surface area contributed by atoms with Gasteiger partial charge < -0.3 is 15.5 Å². The Morgan fingerprint density at radius 3 is 2.53 bits per heavy atom. The molecule has 2 aromatic heterocycles. The molecule has 3 rings (SSSR count). The molecule has 2 heterocycles. The van der Waals surface area contributed by atoms with Crippen LogP contribution in [0.15, 0.2) is 55.0 Å². The molecule has 0 aliphatic carbocycles. The fourth-order valence-corrected chi connectivity index (χ4v) is 1.68. The topological polar surface area (TPSA) is 76.8 Å². The average molecular weight is 252 g/mol. The summed E-state index contributed by atoms with van der Waals surface area (Å²) in [5, 5.41) is 0. The first-order valence-electron chi connectivity index (χ1n) is 5.80. The molecule has 3 N–H and O–H groups in total. The maximum atomic E-state index is 5.73. The number of aromatic amines is 1.